The van der Waals surface area contributed by atoms with E-state index in [0.29, 0.717) is 38.6 Å². The van der Waals surface area contributed by atoms with Gasteiger partial charge in [0.15, 0.2) is 0 Å². The molecular formula is C12H20N2O4. The van der Waals surface area contributed by atoms with Crippen LogP contribution in [0.15, 0.2) is 0 Å². The largest absolute Gasteiger partial charge is 0.481 e. The lowest BCUT2D eigenvalue weighted by Crippen LogP contribution is -2.35. The summed E-state index contributed by atoms with van der Waals surface area (Å²) in [6.45, 7) is 0.445. The highest BCUT2D eigenvalue weighted by Crippen LogP contribution is 2.28. The van der Waals surface area contributed by atoms with Crippen LogP contribution in [0.5, 0.6) is 0 Å². The number of amides is 2. The molecule has 0 spiro atoms. The van der Waals surface area contributed by atoms with Gasteiger partial charge in [0.2, 0.25) is 11.8 Å². The van der Waals surface area contributed by atoms with Gasteiger partial charge in [0, 0.05) is 18.9 Å². The van der Waals surface area contributed by atoms with Gasteiger partial charge in [0.05, 0.1) is 5.92 Å². The average Bonchev–Trinajstić information content (AvgIpc) is 2.34. The smallest absolute Gasteiger partial charge is 0.306 e. The first-order chi connectivity index (χ1) is 8.50. The van der Waals surface area contributed by atoms with Gasteiger partial charge in [0.1, 0.15) is 0 Å². The molecule has 0 aromatic heterocycles. The van der Waals surface area contributed by atoms with Gasteiger partial charge >= 0.3 is 5.97 Å². The maximum atomic E-state index is 11.7. The molecule has 0 aromatic carbocycles. The molecule has 18 heavy (non-hydrogen) atoms. The maximum absolute atomic E-state index is 11.7. The van der Waals surface area contributed by atoms with Crippen molar-refractivity contribution in [2.45, 2.75) is 38.5 Å². The summed E-state index contributed by atoms with van der Waals surface area (Å²) in [5, 5.41) is 11.6. The summed E-state index contributed by atoms with van der Waals surface area (Å²) in [4.78, 5) is 33.0. The molecule has 1 rings (SSSR count). The third-order valence-corrected chi connectivity index (χ3v) is 3.35. The predicted octanol–water partition coefficient (Wildman–Crippen LogP) is 0.259. The van der Waals surface area contributed by atoms with E-state index in [0.717, 1.165) is 0 Å². The van der Waals surface area contributed by atoms with Gasteiger partial charge in [-0.25, -0.2) is 0 Å². The van der Waals surface area contributed by atoms with Crippen LogP contribution in [0.4, 0.5) is 0 Å². The van der Waals surface area contributed by atoms with Crippen molar-refractivity contribution in [3.63, 3.8) is 0 Å². The number of aliphatic carboxylic acids is 1. The molecule has 0 heterocycles. The normalized spacial score (nSPS) is 23.3. The molecule has 1 aliphatic rings. The quantitative estimate of drug-likeness (QED) is 0.592. The van der Waals surface area contributed by atoms with E-state index in [1.54, 1.807) is 0 Å². The Morgan fingerprint density at radius 2 is 1.67 bits per heavy atom. The van der Waals surface area contributed by atoms with Crippen LogP contribution in [0.25, 0.3) is 0 Å². The fourth-order valence-corrected chi connectivity index (χ4v) is 2.22. The van der Waals surface area contributed by atoms with Crippen LogP contribution in [0.1, 0.15) is 38.5 Å². The molecule has 2 amide bonds. The minimum absolute atomic E-state index is 0.0386. The highest BCUT2D eigenvalue weighted by atomic mass is 16.4. The summed E-state index contributed by atoms with van der Waals surface area (Å²) in [5.41, 5.74) is 4.99. The van der Waals surface area contributed by atoms with Crippen molar-refractivity contribution in [1.29, 1.82) is 0 Å². The van der Waals surface area contributed by atoms with Crippen molar-refractivity contribution in [1.82, 2.24) is 5.32 Å². The lowest BCUT2D eigenvalue weighted by Gasteiger charge is -2.25. The van der Waals surface area contributed by atoms with E-state index in [4.69, 9.17) is 10.8 Å². The predicted molar refractivity (Wildman–Crippen MR) is 64.5 cm³/mol. The first-order valence-electron chi connectivity index (χ1n) is 6.29. The number of nitrogens with two attached hydrogens (primary N) is 1. The van der Waals surface area contributed by atoms with E-state index < -0.39 is 5.97 Å². The Morgan fingerprint density at radius 1 is 1.11 bits per heavy atom. The summed E-state index contributed by atoms with van der Waals surface area (Å²) < 4.78 is 0. The molecule has 6 heteroatoms. The summed E-state index contributed by atoms with van der Waals surface area (Å²) in [6, 6.07) is 0. The third kappa shape index (κ3) is 4.73. The van der Waals surface area contributed by atoms with Gasteiger partial charge in [-0.2, -0.15) is 0 Å². The Balaban J connectivity index is 2.20. The first-order valence-corrected chi connectivity index (χ1v) is 6.29. The zero-order valence-corrected chi connectivity index (χ0v) is 10.4. The minimum atomic E-state index is -0.768. The Labute approximate surface area is 106 Å². The summed E-state index contributed by atoms with van der Waals surface area (Å²) in [7, 11) is 0. The van der Waals surface area contributed by atoms with Gasteiger partial charge in [-0.1, -0.05) is 0 Å². The number of nitrogens with one attached hydrogen (secondary N) is 1. The zero-order chi connectivity index (χ0) is 13.5. The van der Waals surface area contributed by atoms with Crippen LogP contribution < -0.4 is 11.1 Å². The lowest BCUT2D eigenvalue weighted by molar-refractivity contribution is -0.144. The molecule has 4 N–H and O–H groups in total. The van der Waals surface area contributed by atoms with Gasteiger partial charge in [0.25, 0.3) is 0 Å². The zero-order valence-electron chi connectivity index (χ0n) is 10.4. The van der Waals surface area contributed by atoms with Gasteiger partial charge in [-0.3, -0.25) is 14.4 Å². The molecule has 0 aromatic rings. The molecule has 102 valence electrons. The van der Waals surface area contributed by atoms with E-state index in [2.05, 4.69) is 5.32 Å². The monoisotopic (exact) mass is 256 g/mol. The Hall–Kier alpha value is -1.59. The van der Waals surface area contributed by atoms with Crippen LogP contribution in [-0.4, -0.2) is 29.4 Å². The van der Waals surface area contributed by atoms with Crippen LogP contribution >= 0.6 is 0 Å². The molecule has 1 fully saturated rings. The lowest BCUT2D eigenvalue weighted by atomic mass is 9.81. The van der Waals surface area contributed by atoms with Gasteiger partial charge in [-0.05, 0) is 32.1 Å². The highest BCUT2D eigenvalue weighted by Gasteiger charge is 2.29. The maximum Gasteiger partial charge on any atom is 0.306 e. The molecule has 6 nitrogen and oxygen atoms in total. The van der Waals surface area contributed by atoms with Crippen molar-refractivity contribution >= 4 is 17.8 Å². The number of primary amides is 1. The molecule has 0 unspecified atom stereocenters. The van der Waals surface area contributed by atoms with Crippen LogP contribution in [0.3, 0.4) is 0 Å². The molecule has 0 radical (unpaired) electrons. The summed E-state index contributed by atoms with van der Waals surface area (Å²) in [6.07, 6.45) is 3.19. The average molecular weight is 256 g/mol. The van der Waals surface area contributed by atoms with Gasteiger partial charge in [-0.15, -0.1) is 0 Å². The van der Waals surface area contributed by atoms with E-state index in [9.17, 15) is 14.4 Å². The van der Waals surface area contributed by atoms with Crippen molar-refractivity contribution in [2.75, 3.05) is 6.54 Å². The minimum Gasteiger partial charge on any atom is -0.481 e. The third-order valence-electron chi connectivity index (χ3n) is 3.35. The van der Waals surface area contributed by atoms with Crippen LogP contribution in [0.2, 0.25) is 0 Å². The second kappa shape index (κ2) is 6.98. The topological polar surface area (TPSA) is 109 Å². The van der Waals surface area contributed by atoms with Crippen molar-refractivity contribution < 1.29 is 19.5 Å². The highest BCUT2D eigenvalue weighted by molar-refractivity contribution is 5.79. The first kappa shape index (κ1) is 14.5. The number of carboxylic acids is 1. The van der Waals surface area contributed by atoms with Crippen molar-refractivity contribution in [3.05, 3.63) is 0 Å². The number of carbonyl (C=O) groups is 3. The molecular weight excluding hydrogens is 236 g/mol. The van der Waals surface area contributed by atoms with Gasteiger partial charge < -0.3 is 16.2 Å². The summed E-state index contributed by atoms with van der Waals surface area (Å²) in [5.74, 6) is -1.57. The second-order valence-corrected chi connectivity index (χ2v) is 4.75. The number of hydrogen-bond acceptors (Lipinski definition) is 3. The van der Waals surface area contributed by atoms with Crippen LogP contribution in [0, 0.1) is 11.8 Å². The molecule has 0 saturated heterocycles. The Bertz CT molecular complexity index is 322. The molecule has 1 aliphatic carbocycles. The number of hydrogen-bond donors (Lipinski definition) is 3. The van der Waals surface area contributed by atoms with Crippen molar-refractivity contribution in [3.8, 4) is 0 Å². The second-order valence-electron chi connectivity index (χ2n) is 4.75. The molecule has 1 saturated carbocycles. The Kier molecular flexibility index (Phi) is 5.61. The van der Waals surface area contributed by atoms with Crippen molar-refractivity contribution in [2.24, 2.45) is 17.6 Å². The van der Waals surface area contributed by atoms with E-state index in [1.165, 1.54) is 0 Å². The molecule has 0 atom stereocenters. The van der Waals surface area contributed by atoms with Crippen LogP contribution in [-0.2, 0) is 14.4 Å². The number of carbonyl (C=O) groups excluding carboxylic acids is 2. The number of rotatable bonds is 6. The number of carboxylic acid groups (broad SMARTS) is 1. The molecule has 0 aliphatic heterocycles. The van der Waals surface area contributed by atoms with E-state index in [-0.39, 0.29) is 30.1 Å². The molecule has 0 bridgehead atoms. The summed E-state index contributed by atoms with van der Waals surface area (Å²) >= 11 is 0. The standard InChI is InChI=1S/C12H20N2O4/c13-10(15)2-1-7-14-11(16)8-3-5-9(6-4-8)12(17)18/h8-9H,1-7H2,(H2,13,15)(H,14,16)(H,17,18). The SMILES string of the molecule is NC(=O)CCCNC(=O)C1CCC(C(=O)O)CC1. The fourth-order valence-electron chi connectivity index (χ4n) is 2.22. The Morgan fingerprint density at radius 3 is 2.17 bits per heavy atom. The van der Waals surface area contributed by atoms with E-state index in [1.807, 2.05) is 0 Å². The fraction of sp³-hybridized carbons (Fsp3) is 0.750. The van der Waals surface area contributed by atoms with E-state index >= 15 is 0 Å².